The molecule has 0 saturated carbocycles. The van der Waals surface area contributed by atoms with Gasteiger partial charge in [-0.2, -0.15) is 0 Å². The molecule has 2 heterocycles. The maximum atomic E-state index is 14.3. The van der Waals surface area contributed by atoms with Gasteiger partial charge in [-0.15, -0.1) is 0 Å². The van der Waals surface area contributed by atoms with Crippen molar-refractivity contribution in [2.24, 2.45) is 5.92 Å². The van der Waals surface area contributed by atoms with E-state index in [1.54, 1.807) is 18.2 Å². The number of benzene rings is 2. The van der Waals surface area contributed by atoms with E-state index in [9.17, 15) is 14.1 Å². The van der Waals surface area contributed by atoms with Crippen LogP contribution in [0.15, 0.2) is 41.3 Å². The van der Waals surface area contributed by atoms with Crippen molar-refractivity contribution in [1.29, 1.82) is 0 Å². The molecule has 1 fully saturated rings. The number of carbonyl (C=O) groups is 1. The Kier molecular flexibility index (Phi) is 8.06. The predicted molar refractivity (Wildman–Crippen MR) is 137 cm³/mol. The minimum Gasteiger partial charge on any atom is -0.493 e. The molecule has 2 aromatic rings. The van der Waals surface area contributed by atoms with E-state index in [0.29, 0.717) is 34.4 Å². The molecular weight excluding hydrogens is 450 g/mol. The maximum Gasteiger partial charge on any atom is 0.203 e. The van der Waals surface area contributed by atoms with Gasteiger partial charge < -0.3 is 18.9 Å². The number of aliphatic hydroxyl groups is 1. The lowest BCUT2D eigenvalue weighted by Crippen LogP contribution is -2.46. The zero-order valence-corrected chi connectivity index (χ0v) is 21.1. The molecule has 0 spiro atoms. The third kappa shape index (κ3) is 5.07. The van der Waals surface area contributed by atoms with Gasteiger partial charge in [-0.3, -0.25) is 9.00 Å². The number of ether oxygens (including phenoxy) is 2. The minimum atomic E-state index is -3.58. The topological polar surface area (TPSA) is 76.1 Å². The molecule has 34 heavy (non-hydrogen) atoms. The third-order valence-corrected chi connectivity index (χ3v) is 9.59. The monoisotopic (exact) mass is 487 g/mol. The number of fused-ring (bicyclic) bond motifs is 1. The Morgan fingerprint density at radius 2 is 1.97 bits per heavy atom. The Morgan fingerprint density at radius 3 is 2.68 bits per heavy atom. The molecule has 2 aromatic carbocycles. The van der Waals surface area contributed by atoms with Crippen molar-refractivity contribution in [3.05, 3.63) is 53.1 Å². The fraction of sp³-hybridized carbons (Fsp3) is 0.519. The largest absolute Gasteiger partial charge is 0.493 e. The van der Waals surface area contributed by atoms with Crippen molar-refractivity contribution in [1.82, 2.24) is 0 Å². The van der Waals surface area contributed by atoms with Crippen molar-refractivity contribution in [2.75, 3.05) is 24.1 Å². The second-order valence-electron chi connectivity index (χ2n) is 9.49. The maximum absolute atomic E-state index is 14.3. The van der Waals surface area contributed by atoms with Crippen LogP contribution in [0.2, 0.25) is 0 Å². The van der Waals surface area contributed by atoms with Crippen LogP contribution in [0.25, 0.3) is 0 Å². The van der Waals surface area contributed by atoms with Crippen molar-refractivity contribution in [2.45, 2.75) is 69.9 Å². The first kappa shape index (κ1) is 24.9. The highest BCUT2D eigenvalue weighted by molar-refractivity contribution is 8.16. The molecule has 4 rings (SSSR count). The summed E-state index contributed by atoms with van der Waals surface area (Å²) >= 11 is 0. The second kappa shape index (κ2) is 11.0. The molecule has 2 aliphatic rings. The number of hydrogen-bond acceptors (Lipinski definition) is 5. The smallest absolute Gasteiger partial charge is 0.203 e. The van der Waals surface area contributed by atoms with Gasteiger partial charge in [0.1, 0.15) is 5.75 Å². The van der Waals surface area contributed by atoms with Gasteiger partial charge in [-0.25, -0.2) is 0 Å². The number of aliphatic hydroxyl groups excluding tert-OH is 1. The summed E-state index contributed by atoms with van der Waals surface area (Å²) in [5.74, 6) is 0.996. The molecule has 1 N–H and O–H groups in total. The van der Waals surface area contributed by atoms with Gasteiger partial charge in [0.25, 0.3) is 0 Å². The zero-order chi connectivity index (χ0) is 24.1. The molecule has 1 saturated heterocycles. The molecule has 186 valence electrons. The summed E-state index contributed by atoms with van der Waals surface area (Å²) in [5.41, 5.74) is 4.45. The molecule has 6 nitrogen and oxygen atoms in total. The van der Waals surface area contributed by atoms with Gasteiger partial charge in [0.15, 0.2) is 0 Å². The molecule has 0 aliphatic carbocycles. The molecule has 0 amide bonds. The first-order valence-electron chi connectivity index (χ1n) is 12.4. The fourth-order valence-electron chi connectivity index (χ4n) is 5.07. The Labute approximate surface area is 203 Å². The normalized spacial score (nSPS) is 19.5. The van der Waals surface area contributed by atoms with Crippen LogP contribution in [0.4, 0.5) is 5.69 Å². The highest BCUT2D eigenvalue weighted by Crippen LogP contribution is 2.39. The van der Waals surface area contributed by atoms with E-state index < -0.39 is 10.1 Å². The number of thiol groups is 1. The molecule has 0 aromatic heterocycles. The summed E-state index contributed by atoms with van der Waals surface area (Å²) in [6.45, 7) is 5.98. The first-order valence-corrected chi connectivity index (χ1v) is 14.2. The average Bonchev–Trinajstić information content (AvgIpc) is 2.87. The van der Waals surface area contributed by atoms with Crippen LogP contribution in [0, 0.1) is 5.92 Å². The van der Waals surface area contributed by atoms with Gasteiger partial charge in [0, 0.05) is 39.8 Å². The van der Waals surface area contributed by atoms with Crippen molar-refractivity contribution in [3.8, 4) is 5.75 Å². The molecule has 1 unspecified atom stereocenters. The molecule has 0 bridgehead atoms. The van der Waals surface area contributed by atoms with Gasteiger partial charge in [-0.1, -0.05) is 25.5 Å². The SMILES string of the molecule is CCCc1ccc2c(c1)CCC(C)N2[SH](=O)(C=O)c1ccc(OCC2CCOCC2)c(CO)c1. The summed E-state index contributed by atoms with van der Waals surface area (Å²) in [6, 6.07) is 11.4. The summed E-state index contributed by atoms with van der Waals surface area (Å²) in [5, 5.41) is 10.0. The van der Waals surface area contributed by atoms with E-state index in [2.05, 4.69) is 19.1 Å². The average molecular weight is 488 g/mol. The van der Waals surface area contributed by atoms with Gasteiger partial charge >= 0.3 is 0 Å². The van der Waals surface area contributed by atoms with E-state index in [1.807, 2.05) is 17.3 Å². The highest BCUT2D eigenvalue weighted by atomic mass is 32.3. The number of rotatable bonds is 9. The Hall–Kier alpha value is -2.22. The van der Waals surface area contributed by atoms with E-state index in [4.69, 9.17) is 9.47 Å². The van der Waals surface area contributed by atoms with Crippen LogP contribution in [-0.2, 0) is 39.1 Å². The van der Waals surface area contributed by atoms with Gasteiger partial charge in [-0.05, 0) is 80.3 Å². The van der Waals surface area contributed by atoms with E-state index >= 15 is 0 Å². The summed E-state index contributed by atoms with van der Waals surface area (Å²) in [7, 11) is -3.58. The first-order chi connectivity index (χ1) is 16.5. The third-order valence-electron chi connectivity index (χ3n) is 7.04. The van der Waals surface area contributed by atoms with E-state index in [0.717, 1.165) is 63.0 Å². The number of hydrogen-bond donors (Lipinski definition) is 2. The van der Waals surface area contributed by atoms with Crippen LogP contribution in [0.1, 0.15) is 56.2 Å². The zero-order valence-electron chi connectivity index (χ0n) is 20.2. The predicted octanol–water partition coefficient (Wildman–Crippen LogP) is 4.26. The van der Waals surface area contributed by atoms with Gasteiger partial charge in [0.2, 0.25) is 5.62 Å². The molecule has 2 aliphatic heterocycles. The van der Waals surface area contributed by atoms with Crippen LogP contribution in [0.5, 0.6) is 5.75 Å². The van der Waals surface area contributed by atoms with E-state index in [1.165, 1.54) is 5.56 Å². The van der Waals surface area contributed by atoms with Crippen LogP contribution in [-0.4, -0.2) is 40.8 Å². The lowest BCUT2D eigenvalue weighted by Gasteiger charge is -2.43. The van der Waals surface area contributed by atoms with Crippen LogP contribution in [0.3, 0.4) is 0 Å². The number of anilines is 1. The summed E-state index contributed by atoms with van der Waals surface area (Å²) in [6.07, 6.45) is 5.73. The molecule has 1 atom stereocenters. The summed E-state index contributed by atoms with van der Waals surface area (Å²) in [4.78, 5) is 12.9. The lowest BCUT2D eigenvalue weighted by atomic mass is 9.96. The lowest BCUT2D eigenvalue weighted by molar-refractivity contribution is 0.0494. The molecular formula is C27H37NO5S. The van der Waals surface area contributed by atoms with Crippen LogP contribution < -0.4 is 9.04 Å². The fourth-order valence-corrected chi connectivity index (χ4v) is 7.39. The Morgan fingerprint density at radius 1 is 1.18 bits per heavy atom. The molecule has 7 heteroatoms. The Bertz CT molecular complexity index is 1050. The van der Waals surface area contributed by atoms with Crippen molar-refractivity contribution in [3.63, 3.8) is 0 Å². The highest BCUT2D eigenvalue weighted by Gasteiger charge is 2.35. The number of aryl methyl sites for hydroxylation is 2. The number of carbonyl (C=O) groups excluding carboxylic acids is 1. The molecule has 0 radical (unpaired) electrons. The minimum absolute atomic E-state index is 0.0393. The van der Waals surface area contributed by atoms with Crippen molar-refractivity contribution < 1.29 is 23.6 Å². The van der Waals surface area contributed by atoms with Gasteiger partial charge in [0.05, 0.1) is 18.9 Å². The second-order valence-corrected chi connectivity index (χ2v) is 11.9. The standard InChI is InChI=1S/C27H37NO5S/c1-3-4-21-6-9-26-23(15-21)7-5-20(2)28(26)34(31,19-30)25-8-10-27(24(16-25)17-29)33-18-22-11-13-32-14-12-22/h6,8-10,15-16,19-20,22,29,34H,3-5,7,11-14,17-18H2,1-2H3. The van der Waals surface area contributed by atoms with Crippen LogP contribution >= 0.6 is 0 Å². The van der Waals surface area contributed by atoms with Crippen molar-refractivity contribution >= 4 is 21.4 Å². The quantitative estimate of drug-likeness (QED) is 0.408. The number of nitrogens with zero attached hydrogens (tertiary/aromatic N) is 1. The summed E-state index contributed by atoms with van der Waals surface area (Å²) < 4.78 is 27.6. The Balaban J connectivity index is 1.64. The van der Waals surface area contributed by atoms with E-state index in [-0.39, 0.29) is 12.6 Å².